The Balaban J connectivity index is 1.81. The Labute approximate surface area is 122 Å². The number of benzene rings is 1. The molecule has 4 nitrogen and oxygen atoms in total. The van der Waals surface area contributed by atoms with Crippen LogP contribution < -0.4 is 5.32 Å². The van der Waals surface area contributed by atoms with E-state index in [0.717, 1.165) is 6.42 Å². The Bertz CT molecular complexity index is 547. The SMILES string of the molecule is CNC(C)Cc1noc(CCSc2ccccc2F)n1. The molecule has 0 amide bonds. The van der Waals surface area contributed by atoms with Crippen LogP contribution in [-0.2, 0) is 12.8 Å². The molecule has 0 saturated heterocycles. The van der Waals surface area contributed by atoms with Crippen LogP contribution in [0.5, 0.6) is 0 Å². The van der Waals surface area contributed by atoms with E-state index in [-0.39, 0.29) is 5.82 Å². The van der Waals surface area contributed by atoms with E-state index in [2.05, 4.69) is 22.4 Å². The maximum Gasteiger partial charge on any atom is 0.227 e. The summed E-state index contributed by atoms with van der Waals surface area (Å²) in [5.74, 6) is 1.83. The van der Waals surface area contributed by atoms with Crippen molar-refractivity contribution in [2.24, 2.45) is 0 Å². The molecule has 0 aliphatic rings. The molecule has 0 fully saturated rings. The zero-order valence-corrected chi connectivity index (χ0v) is 12.4. The molecule has 6 heteroatoms. The van der Waals surface area contributed by atoms with Crippen molar-refractivity contribution in [3.8, 4) is 0 Å². The third-order valence-corrected chi connectivity index (χ3v) is 3.95. The third kappa shape index (κ3) is 4.31. The zero-order chi connectivity index (χ0) is 14.4. The van der Waals surface area contributed by atoms with Gasteiger partial charge in [-0.05, 0) is 26.1 Å². The highest BCUT2D eigenvalue weighted by Gasteiger charge is 2.10. The molecule has 1 unspecified atom stereocenters. The van der Waals surface area contributed by atoms with Gasteiger partial charge in [-0.15, -0.1) is 11.8 Å². The number of aromatic nitrogens is 2. The first kappa shape index (κ1) is 15.0. The first-order valence-electron chi connectivity index (χ1n) is 6.55. The van der Waals surface area contributed by atoms with E-state index in [1.165, 1.54) is 17.8 Å². The summed E-state index contributed by atoms with van der Waals surface area (Å²) in [6.45, 7) is 2.06. The summed E-state index contributed by atoms with van der Waals surface area (Å²) in [6.07, 6.45) is 1.38. The molecule has 1 atom stereocenters. The molecule has 1 heterocycles. The molecule has 0 aliphatic carbocycles. The van der Waals surface area contributed by atoms with Crippen LogP contribution in [0.2, 0.25) is 0 Å². The largest absolute Gasteiger partial charge is 0.339 e. The smallest absolute Gasteiger partial charge is 0.227 e. The topological polar surface area (TPSA) is 51.0 Å². The minimum absolute atomic E-state index is 0.188. The van der Waals surface area contributed by atoms with Crippen LogP contribution in [0.3, 0.4) is 0 Å². The van der Waals surface area contributed by atoms with Gasteiger partial charge in [-0.3, -0.25) is 0 Å². The second-order valence-electron chi connectivity index (χ2n) is 4.53. The van der Waals surface area contributed by atoms with Crippen molar-refractivity contribution in [2.45, 2.75) is 30.7 Å². The van der Waals surface area contributed by atoms with Gasteiger partial charge >= 0.3 is 0 Å². The van der Waals surface area contributed by atoms with Gasteiger partial charge in [0.15, 0.2) is 5.82 Å². The number of hydrogen-bond acceptors (Lipinski definition) is 5. The number of aryl methyl sites for hydroxylation is 1. The van der Waals surface area contributed by atoms with Crippen LogP contribution in [0.4, 0.5) is 4.39 Å². The highest BCUT2D eigenvalue weighted by molar-refractivity contribution is 7.99. The Hall–Kier alpha value is -1.40. The highest BCUT2D eigenvalue weighted by Crippen LogP contribution is 2.21. The fourth-order valence-electron chi connectivity index (χ4n) is 1.66. The van der Waals surface area contributed by atoms with E-state index in [0.29, 0.717) is 34.8 Å². The van der Waals surface area contributed by atoms with Gasteiger partial charge in [0.1, 0.15) is 5.82 Å². The van der Waals surface area contributed by atoms with Crippen LogP contribution in [0.1, 0.15) is 18.6 Å². The minimum Gasteiger partial charge on any atom is -0.339 e. The van der Waals surface area contributed by atoms with E-state index < -0.39 is 0 Å². The fraction of sp³-hybridized carbons (Fsp3) is 0.429. The van der Waals surface area contributed by atoms with Gasteiger partial charge in [0.2, 0.25) is 5.89 Å². The lowest BCUT2D eigenvalue weighted by Gasteiger charge is -2.04. The number of thioether (sulfide) groups is 1. The summed E-state index contributed by atoms with van der Waals surface area (Å²) in [7, 11) is 1.90. The van der Waals surface area contributed by atoms with Gasteiger partial charge in [0.05, 0.1) is 0 Å². The van der Waals surface area contributed by atoms with Gasteiger partial charge in [-0.25, -0.2) is 4.39 Å². The molecule has 108 valence electrons. The van der Waals surface area contributed by atoms with Crippen molar-refractivity contribution in [2.75, 3.05) is 12.8 Å². The maximum absolute atomic E-state index is 13.4. The summed E-state index contributed by atoms with van der Waals surface area (Å²) in [5, 5.41) is 7.06. The highest BCUT2D eigenvalue weighted by atomic mass is 32.2. The van der Waals surface area contributed by atoms with E-state index in [1.54, 1.807) is 12.1 Å². The number of halogens is 1. The molecule has 0 spiro atoms. The third-order valence-electron chi connectivity index (χ3n) is 2.90. The van der Waals surface area contributed by atoms with E-state index in [4.69, 9.17) is 4.52 Å². The maximum atomic E-state index is 13.4. The molecule has 0 saturated carbocycles. The molecular weight excluding hydrogens is 277 g/mol. The Kier molecular flexibility index (Phi) is 5.55. The monoisotopic (exact) mass is 295 g/mol. The van der Waals surface area contributed by atoms with Crippen LogP contribution in [0, 0.1) is 5.82 Å². The minimum atomic E-state index is -0.188. The quantitative estimate of drug-likeness (QED) is 0.796. The number of likely N-dealkylation sites (N-methyl/N-ethyl adjacent to an activating group) is 1. The van der Waals surface area contributed by atoms with E-state index >= 15 is 0 Å². The second kappa shape index (κ2) is 7.40. The zero-order valence-electron chi connectivity index (χ0n) is 11.6. The van der Waals surface area contributed by atoms with Crippen LogP contribution in [-0.4, -0.2) is 29.0 Å². The Morgan fingerprint density at radius 3 is 2.95 bits per heavy atom. The molecule has 1 aromatic carbocycles. The molecular formula is C14H18FN3OS. The summed E-state index contributed by atoms with van der Waals surface area (Å²) >= 11 is 1.45. The van der Waals surface area contributed by atoms with Gasteiger partial charge in [-0.1, -0.05) is 17.3 Å². The predicted octanol–water partition coefficient (Wildman–Crippen LogP) is 2.69. The average molecular weight is 295 g/mol. The van der Waals surface area contributed by atoms with Crippen LogP contribution >= 0.6 is 11.8 Å². The lowest BCUT2D eigenvalue weighted by Crippen LogP contribution is -2.24. The van der Waals surface area contributed by atoms with Gasteiger partial charge in [-0.2, -0.15) is 4.98 Å². The second-order valence-corrected chi connectivity index (χ2v) is 5.66. The summed E-state index contributed by atoms with van der Waals surface area (Å²) in [4.78, 5) is 4.98. The van der Waals surface area contributed by atoms with Gasteiger partial charge in [0, 0.05) is 29.5 Å². The number of nitrogens with one attached hydrogen (secondary N) is 1. The van der Waals surface area contributed by atoms with Crippen molar-refractivity contribution < 1.29 is 8.91 Å². The number of rotatable bonds is 7. The van der Waals surface area contributed by atoms with E-state index in [9.17, 15) is 4.39 Å². The number of nitrogens with zero attached hydrogens (tertiary/aromatic N) is 2. The number of hydrogen-bond donors (Lipinski definition) is 1. The van der Waals surface area contributed by atoms with Crippen molar-refractivity contribution >= 4 is 11.8 Å². The van der Waals surface area contributed by atoms with Crippen molar-refractivity contribution in [3.63, 3.8) is 0 Å². The molecule has 0 radical (unpaired) electrons. The molecule has 0 bridgehead atoms. The van der Waals surface area contributed by atoms with Gasteiger partial charge < -0.3 is 9.84 Å². The normalized spacial score (nSPS) is 12.6. The summed E-state index contributed by atoms with van der Waals surface area (Å²) < 4.78 is 18.6. The summed E-state index contributed by atoms with van der Waals surface area (Å²) in [5.41, 5.74) is 0. The Morgan fingerprint density at radius 2 is 2.20 bits per heavy atom. The average Bonchev–Trinajstić information content (AvgIpc) is 2.88. The first-order chi connectivity index (χ1) is 9.69. The fourth-order valence-corrected chi connectivity index (χ4v) is 2.54. The summed E-state index contributed by atoms with van der Waals surface area (Å²) in [6, 6.07) is 7.07. The van der Waals surface area contributed by atoms with Crippen molar-refractivity contribution in [1.82, 2.24) is 15.5 Å². The lowest BCUT2D eigenvalue weighted by atomic mass is 10.2. The molecule has 1 aromatic heterocycles. The van der Waals surface area contributed by atoms with E-state index in [1.807, 2.05) is 13.1 Å². The molecule has 1 N–H and O–H groups in total. The lowest BCUT2D eigenvalue weighted by molar-refractivity contribution is 0.375. The molecule has 2 aromatic rings. The standard InChI is InChI=1S/C14H18FN3OS/c1-10(16-2)9-13-17-14(19-18-13)7-8-20-12-6-4-3-5-11(12)15/h3-6,10,16H,7-9H2,1-2H3. The van der Waals surface area contributed by atoms with Crippen molar-refractivity contribution in [1.29, 1.82) is 0 Å². The molecule has 2 rings (SSSR count). The van der Waals surface area contributed by atoms with Crippen LogP contribution in [0.15, 0.2) is 33.7 Å². The van der Waals surface area contributed by atoms with Gasteiger partial charge in [0.25, 0.3) is 0 Å². The van der Waals surface area contributed by atoms with Crippen molar-refractivity contribution in [3.05, 3.63) is 41.8 Å². The Morgan fingerprint density at radius 1 is 1.40 bits per heavy atom. The predicted molar refractivity (Wildman–Crippen MR) is 77.4 cm³/mol. The first-order valence-corrected chi connectivity index (χ1v) is 7.53. The van der Waals surface area contributed by atoms with Crippen LogP contribution in [0.25, 0.3) is 0 Å². The molecule has 0 aliphatic heterocycles. The molecule has 20 heavy (non-hydrogen) atoms.